The Labute approximate surface area is 152 Å². The molecule has 26 heavy (non-hydrogen) atoms. The van der Waals surface area contributed by atoms with Gasteiger partial charge in [0.2, 0.25) is 5.91 Å². The van der Waals surface area contributed by atoms with Crippen LogP contribution in [0.25, 0.3) is 0 Å². The van der Waals surface area contributed by atoms with Crippen LogP contribution in [0.1, 0.15) is 22.2 Å². The molecule has 138 valence electrons. The molecule has 0 saturated carbocycles. The van der Waals surface area contributed by atoms with Gasteiger partial charge in [-0.25, -0.2) is 0 Å². The summed E-state index contributed by atoms with van der Waals surface area (Å²) in [6, 6.07) is 13.0. The van der Waals surface area contributed by atoms with E-state index in [1.54, 1.807) is 12.1 Å². The van der Waals surface area contributed by atoms with E-state index in [-0.39, 0.29) is 24.3 Å². The summed E-state index contributed by atoms with van der Waals surface area (Å²) in [5.41, 5.74) is 1.05. The monoisotopic (exact) mass is 358 g/mol. The molecule has 1 fully saturated rings. The van der Waals surface area contributed by atoms with Crippen molar-refractivity contribution in [1.29, 1.82) is 0 Å². The highest BCUT2D eigenvalue weighted by Gasteiger charge is 2.23. The van der Waals surface area contributed by atoms with Crippen LogP contribution in [0, 0.1) is 0 Å². The van der Waals surface area contributed by atoms with Gasteiger partial charge in [0.1, 0.15) is 25.7 Å². The first-order chi connectivity index (χ1) is 12.7. The number of amides is 2. The maximum Gasteiger partial charge on any atom is 0.287 e. The third-order valence-electron chi connectivity index (χ3n) is 4.38. The molecule has 0 spiro atoms. The first-order valence-electron chi connectivity index (χ1n) is 8.79. The minimum absolute atomic E-state index is 0.0959. The van der Waals surface area contributed by atoms with Crippen LogP contribution in [0.3, 0.4) is 0 Å². The van der Waals surface area contributed by atoms with Gasteiger partial charge in [0.25, 0.3) is 5.91 Å². The molecule has 1 saturated heterocycles. The van der Waals surface area contributed by atoms with Gasteiger partial charge < -0.3 is 24.7 Å². The molecule has 1 aliphatic heterocycles. The van der Waals surface area contributed by atoms with Crippen molar-refractivity contribution >= 4 is 11.8 Å². The lowest BCUT2D eigenvalue weighted by atomic mass is 10.1. The van der Waals surface area contributed by atoms with Crippen LogP contribution in [-0.2, 0) is 9.53 Å². The maximum absolute atomic E-state index is 12.4. The van der Waals surface area contributed by atoms with Gasteiger partial charge in [0.05, 0.1) is 26.0 Å². The first-order valence-corrected chi connectivity index (χ1v) is 8.79. The van der Waals surface area contributed by atoms with Crippen LogP contribution < -0.4 is 15.5 Å². The third kappa shape index (κ3) is 5.18. The zero-order chi connectivity index (χ0) is 18.2. The summed E-state index contributed by atoms with van der Waals surface area (Å²) < 4.78 is 10.4. The molecule has 0 unspecified atom stereocenters. The second-order valence-electron chi connectivity index (χ2n) is 6.26. The van der Waals surface area contributed by atoms with Gasteiger partial charge >= 0.3 is 0 Å². The number of carbonyl (C=O) groups excluding carboxylic acids is 2. The van der Waals surface area contributed by atoms with Crippen LogP contribution >= 0.6 is 0 Å². The molecule has 0 radical (unpaired) electrons. The third-order valence-corrected chi connectivity index (χ3v) is 4.38. The van der Waals surface area contributed by atoms with Crippen molar-refractivity contribution < 1.29 is 23.6 Å². The number of hydrogen-bond donors (Lipinski definition) is 3. The van der Waals surface area contributed by atoms with Gasteiger partial charge in [-0.3, -0.25) is 9.59 Å². The highest BCUT2D eigenvalue weighted by atomic mass is 16.5. The molecular weight excluding hydrogens is 334 g/mol. The molecule has 1 aliphatic rings. The molecule has 0 bridgehead atoms. The Bertz CT molecular complexity index is 697. The lowest BCUT2D eigenvalue weighted by Gasteiger charge is -2.28. The zero-order valence-electron chi connectivity index (χ0n) is 14.6. The van der Waals surface area contributed by atoms with Crippen molar-refractivity contribution in [1.82, 2.24) is 10.6 Å². The van der Waals surface area contributed by atoms with Crippen molar-refractivity contribution in [2.45, 2.75) is 6.04 Å². The zero-order valence-corrected chi connectivity index (χ0v) is 14.6. The van der Waals surface area contributed by atoms with Crippen LogP contribution in [0.4, 0.5) is 0 Å². The van der Waals surface area contributed by atoms with Gasteiger partial charge in [-0.1, -0.05) is 30.3 Å². The van der Waals surface area contributed by atoms with E-state index in [0.29, 0.717) is 0 Å². The average molecular weight is 358 g/mol. The number of benzene rings is 1. The van der Waals surface area contributed by atoms with E-state index in [9.17, 15) is 9.59 Å². The Morgan fingerprint density at radius 2 is 1.85 bits per heavy atom. The lowest BCUT2D eigenvalue weighted by molar-refractivity contribution is -0.909. The molecule has 2 aromatic rings. The summed E-state index contributed by atoms with van der Waals surface area (Å²) in [7, 11) is 0. The summed E-state index contributed by atoms with van der Waals surface area (Å²) in [5.74, 6) is -0.443. The molecule has 1 aromatic heterocycles. The molecule has 2 amide bonds. The molecule has 1 aromatic carbocycles. The maximum atomic E-state index is 12.4. The number of nitrogens with one attached hydrogen (secondary N) is 3. The highest BCUT2D eigenvalue weighted by molar-refractivity contribution is 5.94. The fourth-order valence-electron chi connectivity index (χ4n) is 2.99. The SMILES string of the molecule is O=C(CNC(=O)c1ccco1)N[C@@H](C[NH+]1CCOCC1)c1ccccc1. The van der Waals surface area contributed by atoms with E-state index >= 15 is 0 Å². The van der Waals surface area contributed by atoms with Crippen molar-refractivity contribution in [3.63, 3.8) is 0 Å². The Hall–Kier alpha value is -2.64. The predicted molar refractivity (Wildman–Crippen MR) is 94.7 cm³/mol. The lowest BCUT2D eigenvalue weighted by Crippen LogP contribution is -3.14. The predicted octanol–water partition coefficient (Wildman–Crippen LogP) is -0.218. The van der Waals surface area contributed by atoms with Crippen LogP contribution in [0.15, 0.2) is 53.1 Å². The highest BCUT2D eigenvalue weighted by Crippen LogP contribution is 2.10. The molecule has 0 aliphatic carbocycles. The summed E-state index contributed by atoms with van der Waals surface area (Å²) in [6.45, 7) is 4.02. The van der Waals surface area contributed by atoms with Gasteiger partial charge in [0.15, 0.2) is 5.76 Å². The fourth-order valence-corrected chi connectivity index (χ4v) is 2.99. The molecule has 1 atom stereocenters. The van der Waals surface area contributed by atoms with Gasteiger partial charge in [0, 0.05) is 0 Å². The number of rotatable bonds is 7. The van der Waals surface area contributed by atoms with Crippen LogP contribution in [-0.4, -0.2) is 51.2 Å². The number of furan rings is 1. The molecule has 2 heterocycles. The second kappa shape index (κ2) is 9.17. The van der Waals surface area contributed by atoms with Crippen molar-refractivity contribution in [3.05, 3.63) is 60.1 Å². The number of morpholine rings is 1. The number of quaternary nitrogens is 1. The average Bonchev–Trinajstić information content (AvgIpc) is 3.22. The normalized spacial score (nSPS) is 16.0. The van der Waals surface area contributed by atoms with Crippen LogP contribution in [0.5, 0.6) is 0 Å². The van der Waals surface area contributed by atoms with E-state index < -0.39 is 5.91 Å². The van der Waals surface area contributed by atoms with Gasteiger partial charge in [-0.15, -0.1) is 0 Å². The number of ether oxygens (including phenoxy) is 1. The molecule has 7 heteroatoms. The number of hydrogen-bond acceptors (Lipinski definition) is 4. The standard InChI is InChI=1S/C19H23N3O4/c23-18(13-20-19(24)17-7-4-10-26-17)21-16(15-5-2-1-3-6-15)14-22-8-11-25-12-9-22/h1-7,10,16H,8-9,11-14H2,(H,20,24)(H,21,23)/p+1/t16-/m0/s1. The van der Waals surface area contributed by atoms with Crippen molar-refractivity contribution in [2.24, 2.45) is 0 Å². The summed E-state index contributed by atoms with van der Waals surface area (Å²) in [5, 5.41) is 5.61. The Kier molecular flexibility index (Phi) is 6.40. The molecular formula is C19H24N3O4+. The smallest absolute Gasteiger partial charge is 0.287 e. The first kappa shape index (κ1) is 18.2. The van der Waals surface area contributed by atoms with E-state index in [0.717, 1.165) is 38.4 Å². The Morgan fingerprint density at radius 1 is 1.08 bits per heavy atom. The van der Waals surface area contributed by atoms with E-state index in [4.69, 9.17) is 9.15 Å². The summed E-state index contributed by atoms with van der Waals surface area (Å²) >= 11 is 0. The summed E-state index contributed by atoms with van der Waals surface area (Å²) in [4.78, 5) is 25.6. The van der Waals surface area contributed by atoms with E-state index in [1.807, 2.05) is 30.3 Å². The van der Waals surface area contributed by atoms with Crippen LogP contribution in [0.2, 0.25) is 0 Å². The quantitative estimate of drug-likeness (QED) is 0.639. The van der Waals surface area contributed by atoms with E-state index in [1.165, 1.54) is 11.2 Å². The second-order valence-corrected chi connectivity index (χ2v) is 6.26. The molecule has 3 rings (SSSR count). The minimum Gasteiger partial charge on any atom is -0.459 e. The number of carbonyl (C=O) groups is 2. The largest absolute Gasteiger partial charge is 0.459 e. The van der Waals surface area contributed by atoms with Gasteiger partial charge in [-0.05, 0) is 17.7 Å². The van der Waals surface area contributed by atoms with Crippen molar-refractivity contribution in [2.75, 3.05) is 39.4 Å². The van der Waals surface area contributed by atoms with Gasteiger partial charge in [-0.2, -0.15) is 0 Å². The molecule has 3 N–H and O–H groups in total. The Balaban J connectivity index is 1.57. The van der Waals surface area contributed by atoms with Crippen molar-refractivity contribution in [3.8, 4) is 0 Å². The van der Waals surface area contributed by atoms with E-state index in [2.05, 4.69) is 10.6 Å². The Morgan fingerprint density at radius 3 is 2.54 bits per heavy atom. The molecule has 7 nitrogen and oxygen atoms in total. The summed E-state index contributed by atoms with van der Waals surface area (Å²) in [6.07, 6.45) is 1.42. The fraction of sp³-hybridized carbons (Fsp3) is 0.368. The minimum atomic E-state index is -0.403. The topological polar surface area (TPSA) is 85.0 Å².